The van der Waals surface area contributed by atoms with Gasteiger partial charge in [-0.15, -0.1) is 0 Å². The number of nitrogens with one attached hydrogen (secondary N) is 1. The van der Waals surface area contributed by atoms with E-state index in [2.05, 4.69) is 15.1 Å². The average Bonchev–Trinajstić information content (AvgIpc) is 2.25. The van der Waals surface area contributed by atoms with Gasteiger partial charge in [0.2, 0.25) is 0 Å². The molecule has 1 aliphatic rings. The van der Waals surface area contributed by atoms with Crippen molar-refractivity contribution in [1.29, 1.82) is 0 Å². The highest BCUT2D eigenvalue weighted by atomic mass is 16.3. The smallest absolute Gasteiger partial charge is 0.0558 e. The van der Waals surface area contributed by atoms with Gasteiger partial charge in [0.05, 0.1) is 6.61 Å². The number of β-amino-alcohol motifs (C(OH)–C–C–N with tert-alkyl or cyclic N) is 1. The number of hydrogen-bond donors (Lipinski definition) is 2. The lowest BCUT2D eigenvalue weighted by molar-refractivity contribution is 0.109. The van der Waals surface area contributed by atoms with Crippen LogP contribution in [0.2, 0.25) is 0 Å². The molecule has 86 valence electrons. The van der Waals surface area contributed by atoms with Crippen LogP contribution < -0.4 is 5.32 Å². The molecule has 2 N–H and O–H groups in total. The number of hydrogen-bond acceptors (Lipinski definition) is 4. The van der Waals surface area contributed by atoms with Crippen molar-refractivity contribution in [3.63, 3.8) is 0 Å². The molecule has 1 aliphatic heterocycles. The van der Waals surface area contributed by atoms with Gasteiger partial charge in [0.25, 0.3) is 0 Å². The third-order valence-corrected chi connectivity index (χ3v) is 2.26. The highest BCUT2D eigenvalue weighted by molar-refractivity contribution is 4.70. The predicted octanol–water partition coefficient (Wildman–Crippen LogP) is -0.201. The fraction of sp³-hybridized carbons (Fsp3) is 1.00. The summed E-state index contributed by atoms with van der Waals surface area (Å²) in [6.45, 7) is 10.5. The zero-order valence-corrected chi connectivity index (χ0v) is 9.79. The molecule has 0 amide bonds. The fourth-order valence-corrected chi connectivity index (χ4v) is 1.54. The summed E-state index contributed by atoms with van der Waals surface area (Å²) in [5, 5.41) is 11.9. The van der Waals surface area contributed by atoms with Crippen LogP contribution >= 0.6 is 0 Å². The normalized spacial score (nSPS) is 18.9. The van der Waals surface area contributed by atoms with E-state index >= 15 is 0 Å². The van der Waals surface area contributed by atoms with Crippen LogP contribution in [0.3, 0.4) is 0 Å². The first kappa shape index (κ1) is 13.8. The first-order valence-electron chi connectivity index (χ1n) is 5.57. The molecule has 0 spiro atoms. The Balaban J connectivity index is 0.000000791. The van der Waals surface area contributed by atoms with Crippen LogP contribution in [-0.4, -0.2) is 68.0 Å². The first-order chi connectivity index (χ1) is 6.86. The summed E-state index contributed by atoms with van der Waals surface area (Å²) in [6, 6.07) is 0. The molecule has 0 saturated carbocycles. The van der Waals surface area contributed by atoms with Crippen molar-refractivity contribution in [3.05, 3.63) is 0 Å². The zero-order chi connectivity index (χ0) is 10.8. The molecule has 1 saturated heterocycles. The third kappa shape index (κ3) is 5.54. The van der Waals surface area contributed by atoms with Crippen LogP contribution in [0.25, 0.3) is 0 Å². The van der Waals surface area contributed by atoms with E-state index in [0.717, 1.165) is 39.4 Å². The molecule has 4 nitrogen and oxygen atoms in total. The molecule has 4 heteroatoms. The van der Waals surface area contributed by atoms with Gasteiger partial charge in [0.15, 0.2) is 0 Å². The zero-order valence-electron chi connectivity index (χ0n) is 9.79. The number of piperazine rings is 1. The highest BCUT2D eigenvalue weighted by Crippen LogP contribution is 1.98. The molecule has 0 atom stereocenters. The summed E-state index contributed by atoms with van der Waals surface area (Å²) < 4.78 is 0. The van der Waals surface area contributed by atoms with Gasteiger partial charge in [-0.3, -0.25) is 9.80 Å². The SMILES string of the molecule is CC.CNCN1CCN(CCO)CC1. The fourth-order valence-electron chi connectivity index (χ4n) is 1.54. The van der Waals surface area contributed by atoms with Gasteiger partial charge in [-0.2, -0.15) is 0 Å². The maximum Gasteiger partial charge on any atom is 0.0558 e. The molecular formula is C10H25N3O. The molecule has 14 heavy (non-hydrogen) atoms. The van der Waals surface area contributed by atoms with Crippen LogP contribution in [0.15, 0.2) is 0 Å². The van der Waals surface area contributed by atoms with Crippen molar-refractivity contribution in [1.82, 2.24) is 15.1 Å². The quantitative estimate of drug-likeness (QED) is 0.664. The summed E-state index contributed by atoms with van der Waals surface area (Å²) in [5.41, 5.74) is 0. The number of aliphatic hydroxyl groups excluding tert-OH is 1. The monoisotopic (exact) mass is 203 g/mol. The molecule has 0 aliphatic carbocycles. The van der Waals surface area contributed by atoms with E-state index < -0.39 is 0 Å². The summed E-state index contributed by atoms with van der Waals surface area (Å²) in [5.74, 6) is 0. The largest absolute Gasteiger partial charge is 0.395 e. The Hall–Kier alpha value is -0.160. The first-order valence-corrected chi connectivity index (χ1v) is 5.57. The van der Waals surface area contributed by atoms with Gasteiger partial charge < -0.3 is 10.4 Å². The lowest BCUT2D eigenvalue weighted by Gasteiger charge is -2.33. The van der Waals surface area contributed by atoms with E-state index in [0.29, 0.717) is 0 Å². The number of rotatable bonds is 4. The number of aliphatic hydroxyl groups is 1. The van der Waals surface area contributed by atoms with Gasteiger partial charge in [0.1, 0.15) is 0 Å². The molecule has 0 radical (unpaired) electrons. The maximum atomic E-state index is 8.72. The van der Waals surface area contributed by atoms with Crippen LogP contribution in [-0.2, 0) is 0 Å². The second-order valence-electron chi connectivity index (χ2n) is 3.19. The second-order valence-corrected chi connectivity index (χ2v) is 3.19. The topological polar surface area (TPSA) is 38.7 Å². The third-order valence-electron chi connectivity index (χ3n) is 2.26. The molecule has 0 aromatic heterocycles. The molecule has 0 aromatic rings. The van der Waals surface area contributed by atoms with Gasteiger partial charge in [0, 0.05) is 39.4 Å². The summed E-state index contributed by atoms with van der Waals surface area (Å²) in [4.78, 5) is 4.68. The van der Waals surface area contributed by atoms with Crippen molar-refractivity contribution in [2.24, 2.45) is 0 Å². The van der Waals surface area contributed by atoms with E-state index in [-0.39, 0.29) is 6.61 Å². The average molecular weight is 203 g/mol. The Bertz CT molecular complexity index is 99.9. The van der Waals surface area contributed by atoms with E-state index in [1.165, 1.54) is 0 Å². The lowest BCUT2D eigenvalue weighted by atomic mass is 10.3. The molecular weight excluding hydrogens is 178 g/mol. The lowest BCUT2D eigenvalue weighted by Crippen LogP contribution is -2.49. The molecule has 0 unspecified atom stereocenters. The van der Waals surface area contributed by atoms with E-state index in [1.54, 1.807) is 0 Å². The maximum absolute atomic E-state index is 8.72. The predicted molar refractivity (Wildman–Crippen MR) is 60.4 cm³/mol. The van der Waals surface area contributed by atoms with Crippen molar-refractivity contribution >= 4 is 0 Å². The van der Waals surface area contributed by atoms with Crippen molar-refractivity contribution in [2.45, 2.75) is 13.8 Å². The highest BCUT2D eigenvalue weighted by Gasteiger charge is 2.14. The molecule has 1 fully saturated rings. The Morgan fingerprint density at radius 1 is 1.07 bits per heavy atom. The molecule has 0 bridgehead atoms. The van der Waals surface area contributed by atoms with Gasteiger partial charge in [-0.05, 0) is 7.05 Å². The molecule has 1 rings (SSSR count). The van der Waals surface area contributed by atoms with Crippen LogP contribution in [0.1, 0.15) is 13.8 Å². The van der Waals surface area contributed by atoms with Crippen molar-refractivity contribution in [2.75, 3.05) is 53.0 Å². The summed E-state index contributed by atoms with van der Waals surface area (Å²) in [6.07, 6.45) is 0. The number of nitrogens with zero attached hydrogens (tertiary/aromatic N) is 2. The molecule has 1 heterocycles. The minimum atomic E-state index is 0.284. The van der Waals surface area contributed by atoms with E-state index in [9.17, 15) is 0 Å². The van der Waals surface area contributed by atoms with E-state index in [1.807, 2.05) is 20.9 Å². The summed E-state index contributed by atoms with van der Waals surface area (Å²) >= 11 is 0. The Labute approximate surface area is 87.9 Å². The van der Waals surface area contributed by atoms with Crippen molar-refractivity contribution in [3.8, 4) is 0 Å². The Kier molecular flexibility index (Phi) is 9.29. The Morgan fingerprint density at radius 3 is 2.00 bits per heavy atom. The molecule has 0 aromatic carbocycles. The second kappa shape index (κ2) is 9.40. The standard InChI is InChI=1S/C8H19N3O.C2H6/c1-9-8-11-4-2-10(3-5-11)6-7-12;1-2/h9,12H,2-8H2,1H3;1-2H3. The van der Waals surface area contributed by atoms with Gasteiger partial charge >= 0.3 is 0 Å². The van der Waals surface area contributed by atoms with Gasteiger partial charge in [-0.1, -0.05) is 13.8 Å². The summed E-state index contributed by atoms with van der Waals surface area (Å²) in [7, 11) is 1.97. The minimum absolute atomic E-state index is 0.284. The minimum Gasteiger partial charge on any atom is -0.395 e. The van der Waals surface area contributed by atoms with Crippen LogP contribution in [0, 0.1) is 0 Å². The van der Waals surface area contributed by atoms with Gasteiger partial charge in [-0.25, -0.2) is 0 Å². The van der Waals surface area contributed by atoms with Crippen LogP contribution in [0.4, 0.5) is 0 Å². The Morgan fingerprint density at radius 2 is 1.57 bits per heavy atom. The van der Waals surface area contributed by atoms with E-state index in [4.69, 9.17) is 5.11 Å². The van der Waals surface area contributed by atoms with Crippen LogP contribution in [0.5, 0.6) is 0 Å². The van der Waals surface area contributed by atoms with Crippen molar-refractivity contribution < 1.29 is 5.11 Å².